The van der Waals surface area contributed by atoms with Crippen LogP contribution in [0, 0.1) is 6.92 Å². The molecule has 0 aliphatic heterocycles. The highest BCUT2D eigenvalue weighted by atomic mass is 19.4. The summed E-state index contributed by atoms with van der Waals surface area (Å²) in [5.74, 6) is -0.596. The summed E-state index contributed by atoms with van der Waals surface area (Å²) in [6.07, 6.45) is -4.43. The van der Waals surface area contributed by atoms with Crippen molar-refractivity contribution in [2.24, 2.45) is 0 Å². The van der Waals surface area contributed by atoms with Gasteiger partial charge in [0.1, 0.15) is 0 Å². The van der Waals surface area contributed by atoms with E-state index in [-0.39, 0.29) is 6.54 Å². The van der Waals surface area contributed by atoms with E-state index in [2.05, 4.69) is 5.32 Å². The molecule has 0 saturated heterocycles. The molecule has 0 aliphatic carbocycles. The summed E-state index contributed by atoms with van der Waals surface area (Å²) in [6.45, 7) is -0.707. The number of nitrogens with one attached hydrogen (secondary N) is 1. The third-order valence-electron chi connectivity index (χ3n) is 2.84. The van der Waals surface area contributed by atoms with E-state index in [0.717, 1.165) is 4.90 Å². The number of hydrogen-bond acceptors (Lipinski definition) is 4. The SMILES string of the molecule is Cc1c(N)cccc1NC(=O)CN(CCO)CC(F)(F)F. The van der Waals surface area contributed by atoms with Gasteiger partial charge in [-0.1, -0.05) is 6.07 Å². The van der Waals surface area contributed by atoms with Gasteiger partial charge in [-0.25, -0.2) is 0 Å². The number of carbonyl (C=O) groups excluding carboxylic acids is 1. The number of nitrogens with two attached hydrogens (primary N) is 1. The standard InChI is InChI=1S/C13H18F3N3O2/c1-9-10(17)3-2-4-11(9)18-12(21)7-19(5-6-20)8-13(14,15)16/h2-4,20H,5-8,17H2,1H3,(H,18,21). The van der Waals surface area contributed by atoms with E-state index in [1.807, 2.05) is 0 Å². The van der Waals surface area contributed by atoms with Crippen LogP contribution in [0.5, 0.6) is 0 Å². The third-order valence-corrected chi connectivity index (χ3v) is 2.84. The molecule has 0 atom stereocenters. The van der Waals surface area contributed by atoms with Gasteiger partial charge in [0.25, 0.3) is 0 Å². The average molecular weight is 305 g/mol. The first-order valence-electron chi connectivity index (χ1n) is 6.28. The molecule has 0 unspecified atom stereocenters. The summed E-state index contributed by atoms with van der Waals surface area (Å²) in [4.78, 5) is 12.6. The molecular weight excluding hydrogens is 287 g/mol. The number of nitrogens with zero attached hydrogens (tertiary/aromatic N) is 1. The number of carbonyl (C=O) groups is 1. The van der Waals surface area contributed by atoms with Crippen molar-refractivity contribution in [3.63, 3.8) is 0 Å². The van der Waals surface area contributed by atoms with Gasteiger partial charge in [-0.2, -0.15) is 13.2 Å². The van der Waals surface area contributed by atoms with Crippen molar-refractivity contribution < 1.29 is 23.1 Å². The summed E-state index contributed by atoms with van der Waals surface area (Å²) in [5, 5.41) is 11.3. The fraction of sp³-hybridized carbons (Fsp3) is 0.462. The van der Waals surface area contributed by atoms with Crippen molar-refractivity contribution in [1.82, 2.24) is 4.90 Å². The zero-order chi connectivity index (χ0) is 16.0. The van der Waals surface area contributed by atoms with Gasteiger partial charge in [0.15, 0.2) is 0 Å². The van der Waals surface area contributed by atoms with Crippen LogP contribution in [-0.4, -0.2) is 48.3 Å². The first kappa shape index (κ1) is 17.3. The molecule has 0 spiro atoms. The van der Waals surface area contributed by atoms with E-state index >= 15 is 0 Å². The van der Waals surface area contributed by atoms with E-state index in [0.29, 0.717) is 16.9 Å². The van der Waals surface area contributed by atoms with Crippen molar-refractivity contribution in [2.45, 2.75) is 13.1 Å². The minimum absolute atomic E-state index is 0.233. The molecule has 8 heteroatoms. The minimum atomic E-state index is -4.43. The van der Waals surface area contributed by atoms with Crippen molar-refractivity contribution in [1.29, 1.82) is 0 Å². The molecule has 0 aliphatic rings. The molecule has 1 aromatic carbocycles. The van der Waals surface area contributed by atoms with E-state index in [9.17, 15) is 18.0 Å². The molecule has 0 heterocycles. The van der Waals surface area contributed by atoms with Crippen LogP contribution in [0.3, 0.4) is 0 Å². The number of aliphatic hydroxyl groups excluding tert-OH is 1. The van der Waals surface area contributed by atoms with Gasteiger partial charge in [-0.15, -0.1) is 0 Å². The summed E-state index contributed by atoms with van der Waals surface area (Å²) >= 11 is 0. The summed E-state index contributed by atoms with van der Waals surface area (Å²) in [7, 11) is 0. The predicted octanol–water partition coefficient (Wildman–Crippen LogP) is 1.37. The van der Waals surface area contributed by atoms with E-state index in [4.69, 9.17) is 10.8 Å². The number of benzene rings is 1. The highest BCUT2D eigenvalue weighted by molar-refractivity contribution is 5.93. The lowest BCUT2D eigenvalue weighted by Gasteiger charge is -2.22. The second kappa shape index (κ2) is 7.28. The number of aliphatic hydroxyl groups is 1. The first-order chi connectivity index (χ1) is 9.73. The highest BCUT2D eigenvalue weighted by Gasteiger charge is 2.31. The second-order valence-electron chi connectivity index (χ2n) is 4.62. The highest BCUT2D eigenvalue weighted by Crippen LogP contribution is 2.20. The number of halogens is 3. The Balaban J connectivity index is 2.67. The topological polar surface area (TPSA) is 78.6 Å². The molecule has 1 aromatic rings. The molecule has 0 fully saturated rings. The number of amides is 1. The quantitative estimate of drug-likeness (QED) is 0.694. The Labute approximate surface area is 120 Å². The summed E-state index contributed by atoms with van der Waals surface area (Å²) < 4.78 is 37.1. The Kier molecular flexibility index (Phi) is 5.98. The Morgan fingerprint density at radius 1 is 1.43 bits per heavy atom. The average Bonchev–Trinajstić information content (AvgIpc) is 2.33. The lowest BCUT2D eigenvalue weighted by molar-refractivity contribution is -0.148. The van der Waals surface area contributed by atoms with Crippen molar-refractivity contribution >= 4 is 17.3 Å². The second-order valence-corrected chi connectivity index (χ2v) is 4.62. The first-order valence-corrected chi connectivity index (χ1v) is 6.28. The van der Waals surface area contributed by atoms with Crippen LogP contribution in [0.1, 0.15) is 5.56 Å². The number of anilines is 2. The molecule has 118 valence electrons. The van der Waals surface area contributed by atoms with Gasteiger partial charge in [0, 0.05) is 17.9 Å². The molecule has 0 radical (unpaired) electrons. The Morgan fingerprint density at radius 3 is 2.67 bits per heavy atom. The molecule has 5 nitrogen and oxygen atoms in total. The van der Waals surface area contributed by atoms with Gasteiger partial charge >= 0.3 is 6.18 Å². The molecule has 0 saturated carbocycles. The van der Waals surface area contributed by atoms with Gasteiger partial charge in [-0.05, 0) is 24.6 Å². The summed E-state index contributed by atoms with van der Waals surface area (Å²) in [6, 6.07) is 4.91. The van der Waals surface area contributed by atoms with Crippen LogP contribution < -0.4 is 11.1 Å². The Morgan fingerprint density at radius 2 is 2.10 bits per heavy atom. The normalized spacial score (nSPS) is 11.7. The van der Waals surface area contributed by atoms with Crippen molar-refractivity contribution in [3.05, 3.63) is 23.8 Å². The zero-order valence-corrected chi connectivity index (χ0v) is 11.6. The maximum atomic E-state index is 12.4. The Hall–Kier alpha value is -1.80. The maximum absolute atomic E-state index is 12.4. The summed E-state index contributed by atoms with van der Waals surface area (Å²) in [5.41, 5.74) is 7.27. The number of hydrogen-bond donors (Lipinski definition) is 3. The van der Waals surface area contributed by atoms with Crippen LogP contribution in [0.25, 0.3) is 0 Å². The molecule has 1 rings (SSSR count). The smallest absolute Gasteiger partial charge is 0.398 e. The van der Waals surface area contributed by atoms with E-state index in [1.54, 1.807) is 25.1 Å². The van der Waals surface area contributed by atoms with Gasteiger partial charge in [0.2, 0.25) is 5.91 Å². The van der Waals surface area contributed by atoms with Crippen LogP contribution in [0.2, 0.25) is 0 Å². The van der Waals surface area contributed by atoms with Crippen LogP contribution in [-0.2, 0) is 4.79 Å². The molecule has 0 aromatic heterocycles. The Bertz CT molecular complexity index is 492. The predicted molar refractivity (Wildman–Crippen MR) is 73.8 cm³/mol. The van der Waals surface area contributed by atoms with Crippen LogP contribution in [0.15, 0.2) is 18.2 Å². The third kappa shape index (κ3) is 6.01. The molecule has 1 amide bonds. The molecular formula is C13H18F3N3O2. The number of alkyl halides is 3. The fourth-order valence-electron chi connectivity index (χ4n) is 1.79. The number of rotatable bonds is 6. The van der Waals surface area contributed by atoms with Gasteiger partial charge in [0.05, 0.1) is 19.7 Å². The van der Waals surface area contributed by atoms with Gasteiger partial charge in [-0.3, -0.25) is 9.69 Å². The number of nitrogen functional groups attached to an aromatic ring is 1. The van der Waals surface area contributed by atoms with Crippen LogP contribution in [0.4, 0.5) is 24.5 Å². The minimum Gasteiger partial charge on any atom is -0.398 e. The largest absolute Gasteiger partial charge is 0.401 e. The lowest BCUT2D eigenvalue weighted by atomic mass is 10.1. The zero-order valence-electron chi connectivity index (χ0n) is 11.6. The molecule has 21 heavy (non-hydrogen) atoms. The van der Waals surface area contributed by atoms with E-state index < -0.39 is 31.8 Å². The van der Waals surface area contributed by atoms with Gasteiger partial charge < -0.3 is 16.2 Å². The fourth-order valence-corrected chi connectivity index (χ4v) is 1.79. The molecule has 0 bridgehead atoms. The molecule has 4 N–H and O–H groups in total. The van der Waals surface area contributed by atoms with Crippen molar-refractivity contribution in [3.8, 4) is 0 Å². The van der Waals surface area contributed by atoms with Crippen molar-refractivity contribution in [2.75, 3.05) is 37.3 Å². The lowest BCUT2D eigenvalue weighted by Crippen LogP contribution is -2.41. The monoisotopic (exact) mass is 305 g/mol. The van der Waals surface area contributed by atoms with E-state index in [1.165, 1.54) is 0 Å². The maximum Gasteiger partial charge on any atom is 0.401 e. The van der Waals surface area contributed by atoms with Crippen LogP contribution >= 0.6 is 0 Å².